The SMILES string of the molecule is C=C.O=C1CCNC2(CCN(Cc3ccccc3)C2)C1. The smallest absolute Gasteiger partial charge is 0.136 e. The molecule has 3 heteroatoms. The number of piperidine rings is 1. The maximum atomic E-state index is 11.6. The molecule has 0 amide bonds. The Labute approximate surface area is 121 Å². The molecule has 1 N–H and O–H groups in total. The first-order valence-corrected chi connectivity index (χ1v) is 7.29. The van der Waals surface area contributed by atoms with Crippen LogP contribution in [0.3, 0.4) is 0 Å². The number of hydrogen-bond acceptors (Lipinski definition) is 3. The number of carbonyl (C=O) groups excluding carboxylic acids is 1. The first-order valence-electron chi connectivity index (χ1n) is 7.29. The summed E-state index contributed by atoms with van der Waals surface area (Å²) >= 11 is 0. The van der Waals surface area contributed by atoms with E-state index in [0.29, 0.717) is 12.2 Å². The van der Waals surface area contributed by atoms with Crippen LogP contribution in [0.1, 0.15) is 24.8 Å². The molecule has 2 heterocycles. The monoisotopic (exact) mass is 272 g/mol. The fraction of sp³-hybridized carbons (Fsp3) is 0.471. The average Bonchev–Trinajstić information content (AvgIpc) is 2.84. The summed E-state index contributed by atoms with van der Waals surface area (Å²) < 4.78 is 0. The van der Waals surface area contributed by atoms with Gasteiger partial charge in [-0.15, -0.1) is 13.2 Å². The summed E-state index contributed by atoms with van der Waals surface area (Å²) in [6.45, 7) is 9.96. The van der Waals surface area contributed by atoms with Gasteiger partial charge in [-0.05, 0) is 12.0 Å². The van der Waals surface area contributed by atoms with Crippen molar-refractivity contribution in [2.45, 2.75) is 31.3 Å². The largest absolute Gasteiger partial charge is 0.309 e. The normalized spacial score (nSPS) is 26.3. The molecule has 0 aromatic heterocycles. The lowest BCUT2D eigenvalue weighted by Gasteiger charge is -2.34. The van der Waals surface area contributed by atoms with E-state index in [1.54, 1.807) is 0 Å². The summed E-state index contributed by atoms with van der Waals surface area (Å²) in [5, 5.41) is 3.58. The molecule has 1 atom stereocenters. The predicted octanol–water partition coefficient (Wildman–Crippen LogP) is 2.39. The van der Waals surface area contributed by atoms with Crippen molar-refractivity contribution in [2.75, 3.05) is 19.6 Å². The summed E-state index contributed by atoms with van der Waals surface area (Å²) in [6.07, 6.45) is 2.53. The van der Waals surface area contributed by atoms with Gasteiger partial charge in [0.15, 0.2) is 0 Å². The van der Waals surface area contributed by atoms with Crippen LogP contribution >= 0.6 is 0 Å². The topological polar surface area (TPSA) is 32.3 Å². The molecule has 2 saturated heterocycles. The lowest BCUT2D eigenvalue weighted by Crippen LogP contribution is -2.53. The Bertz CT molecular complexity index is 446. The van der Waals surface area contributed by atoms with Gasteiger partial charge in [0.2, 0.25) is 0 Å². The van der Waals surface area contributed by atoms with Gasteiger partial charge in [0.05, 0.1) is 0 Å². The third-order valence-corrected chi connectivity index (χ3v) is 4.12. The number of rotatable bonds is 2. The Hall–Kier alpha value is -1.45. The van der Waals surface area contributed by atoms with Crippen LogP contribution in [-0.2, 0) is 11.3 Å². The molecule has 1 unspecified atom stereocenters. The van der Waals surface area contributed by atoms with Gasteiger partial charge in [0, 0.05) is 44.6 Å². The quantitative estimate of drug-likeness (QED) is 0.839. The van der Waals surface area contributed by atoms with E-state index in [4.69, 9.17) is 0 Å². The van der Waals surface area contributed by atoms with Crippen LogP contribution in [0.2, 0.25) is 0 Å². The van der Waals surface area contributed by atoms with Crippen molar-refractivity contribution in [1.29, 1.82) is 0 Å². The summed E-state index contributed by atoms with van der Waals surface area (Å²) in [5.41, 5.74) is 1.43. The second-order valence-electron chi connectivity index (χ2n) is 5.62. The maximum Gasteiger partial charge on any atom is 0.136 e. The molecule has 2 aliphatic heterocycles. The number of nitrogens with one attached hydrogen (secondary N) is 1. The number of hydrogen-bond donors (Lipinski definition) is 1. The Kier molecular flexibility index (Phi) is 5.10. The summed E-state index contributed by atoms with van der Waals surface area (Å²) in [4.78, 5) is 14.1. The first-order chi connectivity index (χ1) is 9.76. The molecule has 0 saturated carbocycles. The molecule has 2 fully saturated rings. The lowest BCUT2D eigenvalue weighted by molar-refractivity contribution is -0.122. The van der Waals surface area contributed by atoms with Gasteiger partial charge < -0.3 is 5.32 Å². The van der Waals surface area contributed by atoms with Gasteiger partial charge in [-0.25, -0.2) is 0 Å². The second-order valence-corrected chi connectivity index (χ2v) is 5.62. The van der Waals surface area contributed by atoms with E-state index in [2.05, 4.69) is 53.7 Å². The molecule has 108 valence electrons. The lowest BCUT2D eigenvalue weighted by atomic mass is 9.87. The van der Waals surface area contributed by atoms with E-state index >= 15 is 0 Å². The van der Waals surface area contributed by atoms with Crippen molar-refractivity contribution < 1.29 is 4.79 Å². The van der Waals surface area contributed by atoms with Crippen LogP contribution in [0.4, 0.5) is 0 Å². The number of benzene rings is 1. The zero-order chi connectivity index (χ0) is 14.4. The highest BCUT2D eigenvalue weighted by Gasteiger charge is 2.41. The van der Waals surface area contributed by atoms with E-state index in [9.17, 15) is 4.79 Å². The second kappa shape index (κ2) is 6.82. The summed E-state index contributed by atoms with van der Waals surface area (Å²) in [6, 6.07) is 10.6. The minimum Gasteiger partial charge on any atom is -0.309 e. The van der Waals surface area contributed by atoms with Crippen LogP contribution in [0.25, 0.3) is 0 Å². The van der Waals surface area contributed by atoms with Crippen LogP contribution in [0, 0.1) is 0 Å². The molecule has 20 heavy (non-hydrogen) atoms. The Morgan fingerprint density at radius 3 is 2.70 bits per heavy atom. The van der Waals surface area contributed by atoms with E-state index in [1.807, 2.05) is 0 Å². The van der Waals surface area contributed by atoms with Gasteiger partial charge in [-0.2, -0.15) is 0 Å². The highest BCUT2D eigenvalue weighted by molar-refractivity contribution is 5.80. The minimum absolute atomic E-state index is 0.0735. The Morgan fingerprint density at radius 1 is 1.25 bits per heavy atom. The molecule has 3 nitrogen and oxygen atoms in total. The van der Waals surface area contributed by atoms with E-state index in [0.717, 1.165) is 39.0 Å². The minimum atomic E-state index is 0.0735. The Morgan fingerprint density at radius 2 is 2.00 bits per heavy atom. The number of likely N-dealkylation sites (tertiary alicyclic amines) is 1. The standard InChI is InChI=1S/C15H20N2O.C2H4/c18-14-6-8-16-15(10-14)7-9-17(12-15)11-13-4-2-1-3-5-13;1-2/h1-5,16H,6-12H2;1-2H2. The van der Waals surface area contributed by atoms with Crippen LogP contribution in [0.15, 0.2) is 43.5 Å². The number of carbonyl (C=O) groups is 1. The average molecular weight is 272 g/mol. The number of Topliss-reactive ketones (excluding diaryl/α,β-unsaturated/α-hetero) is 1. The van der Waals surface area contributed by atoms with Gasteiger partial charge >= 0.3 is 0 Å². The first kappa shape index (κ1) is 14.9. The summed E-state index contributed by atoms with van der Waals surface area (Å²) in [5.74, 6) is 0.426. The zero-order valence-corrected chi connectivity index (χ0v) is 12.1. The van der Waals surface area contributed by atoms with E-state index in [-0.39, 0.29) is 5.54 Å². The van der Waals surface area contributed by atoms with Crippen molar-refractivity contribution >= 4 is 5.78 Å². The maximum absolute atomic E-state index is 11.6. The third-order valence-electron chi connectivity index (χ3n) is 4.12. The van der Waals surface area contributed by atoms with Gasteiger partial charge in [-0.3, -0.25) is 9.69 Å². The molecule has 0 bridgehead atoms. The molecule has 1 spiro atoms. The van der Waals surface area contributed by atoms with Crippen LogP contribution in [0.5, 0.6) is 0 Å². The van der Waals surface area contributed by atoms with Gasteiger partial charge in [-0.1, -0.05) is 30.3 Å². The van der Waals surface area contributed by atoms with Crippen molar-refractivity contribution in [3.8, 4) is 0 Å². The Balaban J connectivity index is 0.000000704. The fourth-order valence-electron chi connectivity index (χ4n) is 3.22. The number of ketones is 1. The van der Waals surface area contributed by atoms with Gasteiger partial charge in [0.1, 0.15) is 5.78 Å². The van der Waals surface area contributed by atoms with Gasteiger partial charge in [0.25, 0.3) is 0 Å². The predicted molar refractivity (Wildman–Crippen MR) is 82.6 cm³/mol. The van der Waals surface area contributed by atoms with Crippen molar-refractivity contribution in [1.82, 2.24) is 10.2 Å². The van der Waals surface area contributed by atoms with E-state index in [1.165, 1.54) is 5.56 Å². The molecular weight excluding hydrogens is 248 g/mol. The van der Waals surface area contributed by atoms with Crippen LogP contribution in [-0.4, -0.2) is 35.9 Å². The third kappa shape index (κ3) is 3.56. The zero-order valence-electron chi connectivity index (χ0n) is 12.1. The molecule has 0 aliphatic carbocycles. The van der Waals surface area contributed by atoms with Crippen molar-refractivity contribution in [3.05, 3.63) is 49.1 Å². The molecule has 2 aliphatic rings. The van der Waals surface area contributed by atoms with E-state index < -0.39 is 0 Å². The molecule has 0 radical (unpaired) electrons. The highest BCUT2D eigenvalue weighted by atomic mass is 16.1. The molecule has 1 aromatic rings. The highest BCUT2D eigenvalue weighted by Crippen LogP contribution is 2.29. The summed E-state index contributed by atoms with van der Waals surface area (Å²) in [7, 11) is 0. The fourth-order valence-corrected chi connectivity index (χ4v) is 3.22. The van der Waals surface area contributed by atoms with Crippen molar-refractivity contribution in [3.63, 3.8) is 0 Å². The van der Waals surface area contributed by atoms with Crippen LogP contribution < -0.4 is 5.32 Å². The molecule has 3 rings (SSSR count). The number of nitrogens with zero attached hydrogens (tertiary/aromatic N) is 1. The molecule has 1 aromatic carbocycles. The van der Waals surface area contributed by atoms with Crippen molar-refractivity contribution in [2.24, 2.45) is 0 Å². The molecular formula is C17H24N2O.